The van der Waals surface area contributed by atoms with Gasteiger partial charge in [0.05, 0.1) is 24.7 Å². The van der Waals surface area contributed by atoms with Crippen molar-refractivity contribution in [1.29, 1.82) is 0 Å². The van der Waals surface area contributed by atoms with E-state index < -0.39 is 0 Å². The maximum atomic E-state index is 4.43. The molecule has 0 spiro atoms. The zero-order valence-electron chi connectivity index (χ0n) is 27.0. The first-order chi connectivity index (χ1) is 22.0. The fourth-order valence-electron chi connectivity index (χ4n) is 10.8. The van der Waals surface area contributed by atoms with Gasteiger partial charge < -0.3 is 0 Å². The smallest absolute Gasteiger partial charge is 0.0660 e. The SMILES string of the molecule is C=C/C=C\C1=C(C=C)C2NC3NC(NC4C5CCCCC5C5NC6NC(NC1C2C45)C(C)C6/C=C\C=C)C(C=C)C3/C=C\C=C. The van der Waals surface area contributed by atoms with Crippen molar-refractivity contribution in [3.63, 3.8) is 0 Å². The molecule has 4 aliphatic heterocycles. The lowest BCUT2D eigenvalue weighted by atomic mass is 9.74. The van der Waals surface area contributed by atoms with Crippen LogP contribution in [0.2, 0.25) is 0 Å². The summed E-state index contributed by atoms with van der Waals surface area (Å²) in [6.45, 7) is 23.2. The molecule has 3 aliphatic carbocycles. The highest BCUT2D eigenvalue weighted by atomic mass is 15.3. The van der Waals surface area contributed by atoms with Crippen molar-refractivity contribution in [3.05, 3.63) is 111 Å². The molecule has 4 bridgehead atoms. The molecule has 6 N–H and O–H groups in total. The van der Waals surface area contributed by atoms with Gasteiger partial charge in [0.25, 0.3) is 0 Å². The van der Waals surface area contributed by atoms with E-state index in [1.54, 1.807) is 0 Å². The predicted molar refractivity (Wildman–Crippen MR) is 187 cm³/mol. The first-order valence-corrected chi connectivity index (χ1v) is 17.5. The minimum absolute atomic E-state index is 0.0898. The van der Waals surface area contributed by atoms with Gasteiger partial charge in [-0.25, -0.2) is 0 Å². The average molecular weight is 607 g/mol. The van der Waals surface area contributed by atoms with Crippen LogP contribution in [-0.4, -0.2) is 48.8 Å². The van der Waals surface area contributed by atoms with Crippen LogP contribution in [-0.2, 0) is 0 Å². The Kier molecular flexibility index (Phi) is 8.90. The van der Waals surface area contributed by atoms with Gasteiger partial charge in [0.1, 0.15) is 0 Å². The highest BCUT2D eigenvalue weighted by Crippen LogP contribution is 2.54. The van der Waals surface area contributed by atoms with E-state index >= 15 is 0 Å². The van der Waals surface area contributed by atoms with Gasteiger partial charge in [-0.1, -0.05) is 113 Å². The van der Waals surface area contributed by atoms with Crippen molar-refractivity contribution in [2.45, 2.75) is 81.4 Å². The third kappa shape index (κ3) is 5.09. The molecular weight excluding hydrogens is 552 g/mol. The Morgan fingerprint density at radius 1 is 0.578 bits per heavy atom. The van der Waals surface area contributed by atoms with E-state index in [1.165, 1.54) is 36.8 Å². The van der Waals surface area contributed by atoms with Gasteiger partial charge in [-0.05, 0) is 47.7 Å². The Hall–Kier alpha value is -2.58. The summed E-state index contributed by atoms with van der Waals surface area (Å²) in [5.41, 5.74) is 2.65. The predicted octanol–water partition coefficient (Wildman–Crippen LogP) is 4.80. The topological polar surface area (TPSA) is 72.2 Å². The zero-order valence-corrected chi connectivity index (χ0v) is 27.0. The quantitative estimate of drug-likeness (QED) is 0.176. The Morgan fingerprint density at radius 3 is 1.76 bits per heavy atom. The van der Waals surface area contributed by atoms with Gasteiger partial charge in [-0.2, -0.15) is 0 Å². The molecule has 0 radical (unpaired) electrons. The molecule has 240 valence electrons. The third-order valence-corrected chi connectivity index (χ3v) is 12.6. The second-order valence-corrected chi connectivity index (χ2v) is 14.5. The van der Waals surface area contributed by atoms with E-state index in [0.717, 1.165) is 0 Å². The van der Waals surface area contributed by atoms with Crippen LogP contribution >= 0.6 is 0 Å². The fraction of sp³-hybridized carbons (Fsp3) is 0.538. The molecule has 2 saturated carbocycles. The summed E-state index contributed by atoms with van der Waals surface area (Å²) >= 11 is 0. The monoisotopic (exact) mass is 606 g/mol. The molecule has 4 saturated heterocycles. The number of rotatable bonds is 8. The van der Waals surface area contributed by atoms with Gasteiger partial charge in [0.15, 0.2) is 0 Å². The summed E-state index contributed by atoms with van der Waals surface area (Å²) in [4.78, 5) is 0. The van der Waals surface area contributed by atoms with Gasteiger partial charge in [-0.3, -0.25) is 31.9 Å². The Balaban J connectivity index is 1.41. The minimum Gasteiger partial charge on any atom is -0.298 e. The van der Waals surface area contributed by atoms with E-state index in [-0.39, 0.29) is 48.6 Å². The largest absolute Gasteiger partial charge is 0.298 e. The van der Waals surface area contributed by atoms with E-state index in [2.05, 4.69) is 120 Å². The van der Waals surface area contributed by atoms with Crippen molar-refractivity contribution in [2.24, 2.45) is 47.3 Å². The normalized spacial score (nSPS) is 48.6. The first-order valence-electron chi connectivity index (χ1n) is 17.5. The maximum Gasteiger partial charge on any atom is 0.0660 e. The number of nitrogens with one attached hydrogen (secondary N) is 6. The van der Waals surface area contributed by atoms with Crippen molar-refractivity contribution in [2.75, 3.05) is 0 Å². The first kappa shape index (κ1) is 31.0. The van der Waals surface area contributed by atoms with Crippen LogP contribution in [0, 0.1) is 47.3 Å². The van der Waals surface area contributed by atoms with Crippen molar-refractivity contribution in [1.82, 2.24) is 31.9 Å². The zero-order chi connectivity index (χ0) is 31.2. The molecule has 7 rings (SSSR count). The van der Waals surface area contributed by atoms with E-state index in [0.29, 0.717) is 47.6 Å². The molecular formula is C39H54N6. The Labute approximate surface area is 271 Å². The summed E-state index contributed by atoms with van der Waals surface area (Å²) < 4.78 is 0. The number of allylic oxidation sites excluding steroid dienone is 6. The maximum absolute atomic E-state index is 4.43. The summed E-state index contributed by atoms with van der Waals surface area (Å²) in [7, 11) is 0. The lowest BCUT2D eigenvalue weighted by Gasteiger charge is -2.43. The molecule has 7 aliphatic rings. The average Bonchev–Trinajstić information content (AvgIpc) is 3.74. The highest BCUT2D eigenvalue weighted by molar-refractivity contribution is 5.48. The molecule has 0 aromatic carbocycles. The van der Waals surface area contributed by atoms with E-state index in [1.807, 2.05) is 18.2 Å². The van der Waals surface area contributed by atoms with Crippen LogP contribution in [0.3, 0.4) is 0 Å². The van der Waals surface area contributed by atoms with Crippen molar-refractivity contribution >= 4 is 0 Å². The minimum atomic E-state index is 0.0898. The molecule has 16 atom stereocenters. The molecule has 45 heavy (non-hydrogen) atoms. The highest BCUT2D eigenvalue weighted by Gasteiger charge is 2.62. The molecule has 4 heterocycles. The van der Waals surface area contributed by atoms with Gasteiger partial charge in [0, 0.05) is 47.8 Å². The number of hydrogen-bond donors (Lipinski definition) is 6. The Morgan fingerprint density at radius 2 is 1.13 bits per heavy atom. The van der Waals surface area contributed by atoms with Gasteiger partial charge in [0.2, 0.25) is 0 Å². The Bertz CT molecular complexity index is 1310. The summed E-state index contributed by atoms with van der Waals surface area (Å²) in [5.74, 6) is 3.32. The van der Waals surface area contributed by atoms with Crippen LogP contribution in [0.4, 0.5) is 0 Å². The summed E-state index contributed by atoms with van der Waals surface area (Å²) in [6.07, 6.45) is 29.2. The molecule has 6 nitrogen and oxygen atoms in total. The van der Waals surface area contributed by atoms with Crippen LogP contribution in [0.25, 0.3) is 0 Å². The van der Waals surface area contributed by atoms with Crippen LogP contribution in [0.15, 0.2) is 111 Å². The lowest BCUT2D eigenvalue weighted by Crippen LogP contribution is -2.59. The van der Waals surface area contributed by atoms with Crippen molar-refractivity contribution < 1.29 is 0 Å². The van der Waals surface area contributed by atoms with E-state index in [4.69, 9.17) is 0 Å². The second-order valence-electron chi connectivity index (χ2n) is 14.5. The fourth-order valence-corrected chi connectivity index (χ4v) is 10.8. The number of fused-ring (bicyclic) bond motifs is 7. The van der Waals surface area contributed by atoms with Gasteiger partial charge >= 0.3 is 0 Å². The van der Waals surface area contributed by atoms with Crippen LogP contribution in [0.1, 0.15) is 32.6 Å². The summed E-state index contributed by atoms with van der Waals surface area (Å²) in [5, 5.41) is 25.3. The molecule has 0 aromatic rings. The molecule has 16 unspecified atom stereocenters. The molecule has 0 aromatic heterocycles. The van der Waals surface area contributed by atoms with Crippen molar-refractivity contribution in [3.8, 4) is 0 Å². The summed E-state index contributed by atoms with van der Waals surface area (Å²) in [6, 6.07) is 1.10. The molecule has 0 amide bonds. The third-order valence-electron chi connectivity index (χ3n) is 12.6. The second kappa shape index (κ2) is 12.9. The van der Waals surface area contributed by atoms with Crippen LogP contribution in [0.5, 0.6) is 0 Å². The lowest BCUT2D eigenvalue weighted by molar-refractivity contribution is 0.144. The standard InChI is InChI=1S/C39H54N6/c1-7-12-17-25-22(6)36-40-33-26(18-13-8-2)23(10-4)32-30(33)31-34(27-20-15-16-21-28(27)35(31)43-38(25)44-36)42-37-24(11-5)29(19-14-9-3)39(41-32)45-37/h7-14,17-19,22,24-25,27-45H,1-5,15-16,20-21H2,6H3/b17-12-,18-13-,19-14-. The molecule has 6 heteroatoms. The van der Waals surface area contributed by atoms with E-state index in [9.17, 15) is 0 Å². The molecule has 6 fully saturated rings. The van der Waals surface area contributed by atoms with Crippen LogP contribution < -0.4 is 31.9 Å². The number of hydrogen-bond acceptors (Lipinski definition) is 6. The van der Waals surface area contributed by atoms with Gasteiger partial charge in [-0.15, -0.1) is 6.58 Å².